The highest BCUT2D eigenvalue weighted by atomic mass is 19.1. The fourth-order valence-electron chi connectivity index (χ4n) is 3.11. The number of benzene rings is 3. The lowest BCUT2D eigenvalue weighted by Crippen LogP contribution is -2.12. The van der Waals surface area contributed by atoms with Crippen molar-refractivity contribution >= 4 is 11.5 Å². The smallest absolute Gasteiger partial charge is 0.306 e. The highest BCUT2D eigenvalue weighted by molar-refractivity contribution is 5.70. The van der Waals surface area contributed by atoms with Crippen LogP contribution < -0.4 is 4.74 Å². The van der Waals surface area contributed by atoms with Crippen LogP contribution in [0.15, 0.2) is 78.9 Å². The maximum atomic E-state index is 13.1. The molecule has 1 atom stereocenters. The average Bonchev–Trinajstić information content (AvgIpc) is 2.75. The number of hydrogen-bond acceptors (Lipinski definition) is 2. The molecule has 0 bridgehead atoms. The van der Waals surface area contributed by atoms with Gasteiger partial charge in [-0.2, -0.15) is 0 Å². The van der Waals surface area contributed by atoms with Crippen molar-refractivity contribution in [3.63, 3.8) is 0 Å². The molecular formula is C26H25FO3. The minimum atomic E-state index is -0.790. The summed E-state index contributed by atoms with van der Waals surface area (Å²) in [6.45, 7) is 4.18. The molecule has 0 heterocycles. The third-order valence-corrected chi connectivity index (χ3v) is 5.04. The fraction of sp³-hybridized carbons (Fsp3) is 0.192. The van der Waals surface area contributed by atoms with Gasteiger partial charge < -0.3 is 9.84 Å². The van der Waals surface area contributed by atoms with Crippen LogP contribution in [0.4, 0.5) is 4.39 Å². The summed E-state index contributed by atoms with van der Waals surface area (Å²) in [5, 5.41) is 9.00. The number of allylic oxidation sites excluding steroid dienone is 1. The number of carbonyl (C=O) groups is 1. The Morgan fingerprint density at radius 3 is 2.10 bits per heavy atom. The second kappa shape index (κ2) is 9.88. The number of rotatable bonds is 8. The zero-order chi connectivity index (χ0) is 21.5. The van der Waals surface area contributed by atoms with Crippen LogP contribution in [0, 0.1) is 11.7 Å². The summed E-state index contributed by atoms with van der Waals surface area (Å²) in [4.78, 5) is 11.0. The Bertz CT molecular complexity index is 1000. The Kier molecular flexibility index (Phi) is 7.02. The summed E-state index contributed by atoms with van der Waals surface area (Å²) in [6, 6.07) is 22.1. The molecule has 3 rings (SSSR count). The normalized spacial score (nSPS) is 12.4. The Morgan fingerprint density at radius 2 is 1.53 bits per heavy atom. The summed E-state index contributed by atoms with van der Waals surface area (Å²) < 4.78 is 18.9. The lowest BCUT2D eigenvalue weighted by Gasteiger charge is -2.09. The van der Waals surface area contributed by atoms with Crippen molar-refractivity contribution in [2.24, 2.45) is 5.92 Å². The molecule has 3 nitrogen and oxygen atoms in total. The molecule has 4 heteroatoms. The van der Waals surface area contributed by atoms with E-state index in [0.717, 1.165) is 33.6 Å². The Balaban J connectivity index is 1.56. The third kappa shape index (κ3) is 5.80. The molecule has 0 radical (unpaired) electrons. The van der Waals surface area contributed by atoms with Gasteiger partial charge >= 0.3 is 5.97 Å². The van der Waals surface area contributed by atoms with Gasteiger partial charge in [0.15, 0.2) is 0 Å². The number of carboxylic acids is 1. The van der Waals surface area contributed by atoms with E-state index in [1.54, 1.807) is 19.1 Å². The molecule has 3 aromatic carbocycles. The molecule has 0 saturated carbocycles. The molecule has 1 unspecified atom stereocenters. The van der Waals surface area contributed by atoms with Gasteiger partial charge in [0.25, 0.3) is 0 Å². The zero-order valence-electron chi connectivity index (χ0n) is 17.1. The maximum absolute atomic E-state index is 13.1. The molecule has 0 spiro atoms. The van der Waals surface area contributed by atoms with Gasteiger partial charge in [0, 0.05) is 0 Å². The maximum Gasteiger partial charge on any atom is 0.306 e. The first-order chi connectivity index (χ1) is 14.4. The Labute approximate surface area is 176 Å². The molecule has 0 fully saturated rings. The number of ether oxygens (including phenoxy) is 1. The first-order valence-corrected chi connectivity index (χ1v) is 9.90. The molecule has 0 aliphatic carbocycles. The summed E-state index contributed by atoms with van der Waals surface area (Å²) in [7, 11) is 0. The van der Waals surface area contributed by atoms with Crippen LogP contribution in [0.5, 0.6) is 5.75 Å². The van der Waals surface area contributed by atoms with Crippen molar-refractivity contribution in [3.8, 4) is 16.9 Å². The van der Waals surface area contributed by atoms with Gasteiger partial charge in [0.05, 0.1) is 5.92 Å². The molecule has 1 N–H and O–H groups in total. The van der Waals surface area contributed by atoms with Crippen LogP contribution in [0.25, 0.3) is 16.7 Å². The first-order valence-electron chi connectivity index (χ1n) is 9.90. The molecular weight excluding hydrogens is 379 g/mol. The van der Waals surface area contributed by atoms with Crippen molar-refractivity contribution in [1.29, 1.82) is 0 Å². The van der Waals surface area contributed by atoms with Gasteiger partial charge in [-0.25, -0.2) is 4.39 Å². The third-order valence-electron chi connectivity index (χ3n) is 5.04. The van der Waals surface area contributed by atoms with E-state index in [4.69, 9.17) is 9.84 Å². The van der Waals surface area contributed by atoms with Crippen LogP contribution in [-0.4, -0.2) is 17.7 Å². The van der Waals surface area contributed by atoms with Gasteiger partial charge in [-0.05, 0) is 71.5 Å². The fourth-order valence-corrected chi connectivity index (χ4v) is 3.11. The molecule has 0 aromatic heterocycles. The van der Waals surface area contributed by atoms with Crippen molar-refractivity contribution < 1.29 is 19.0 Å². The van der Waals surface area contributed by atoms with Gasteiger partial charge in [0.1, 0.15) is 18.2 Å². The highest BCUT2D eigenvalue weighted by Crippen LogP contribution is 2.23. The number of aliphatic carboxylic acids is 1. The van der Waals surface area contributed by atoms with E-state index >= 15 is 0 Å². The summed E-state index contributed by atoms with van der Waals surface area (Å²) >= 11 is 0. The first kappa shape index (κ1) is 21.3. The number of carboxylic acid groups (broad SMARTS) is 1. The lowest BCUT2D eigenvalue weighted by atomic mass is 10.0. The summed E-state index contributed by atoms with van der Waals surface area (Å²) in [5.74, 6) is -0.686. The second-order valence-electron chi connectivity index (χ2n) is 7.37. The van der Waals surface area contributed by atoms with E-state index in [-0.39, 0.29) is 5.82 Å². The topological polar surface area (TPSA) is 46.5 Å². The Morgan fingerprint density at radius 1 is 0.967 bits per heavy atom. The van der Waals surface area contributed by atoms with Gasteiger partial charge in [-0.15, -0.1) is 0 Å². The summed E-state index contributed by atoms with van der Waals surface area (Å²) in [5.41, 5.74) is 5.20. The van der Waals surface area contributed by atoms with E-state index in [1.165, 1.54) is 12.1 Å². The predicted octanol–water partition coefficient (Wildman–Crippen LogP) is 6.24. The lowest BCUT2D eigenvalue weighted by molar-refractivity contribution is -0.141. The van der Waals surface area contributed by atoms with E-state index in [9.17, 15) is 9.18 Å². The minimum absolute atomic E-state index is 0.237. The summed E-state index contributed by atoms with van der Waals surface area (Å²) in [6.07, 6.45) is 2.52. The van der Waals surface area contributed by atoms with Crippen LogP contribution in [0.1, 0.15) is 25.0 Å². The van der Waals surface area contributed by atoms with Crippen molar-refractivity contribution in [3.05, 3.63) is 95.8 Å². The van der Waals surface area contributed by atoms with Crippen molar-refractivity contribution in [2.75, 3.05) is 6.61 Å². The van der Waals surface area contributed by atoms with Gasteiger partial charge in [-0.1, -0.05) is 55.5 Å². The van der Waals surface area contributed by atoms with Crippen LogP contribution >= 0.6 is 0 Å². The standard InChI is InChI=1S/C26H25FO3/c1-18(21-5-7-22(8-6-21)23-9-11-24(27)12-10-23)15-16-30-25-13-3-20(4-14-25)17-19(2)26(28)29/h3-15,19H,16-17H2,1-2H3,(H,28,29)/b18-15+. The second-order valence-corrected chi connectivity index (χ2v) is 7.37. The molecule has 0 saturated heterocycles. The predicted molar refractivity (Wildman–Crippen MR) is 118 cm³/mol. The van der Waals surface area contributed by atoms with Crippen molar-refractivity contribution in [1.82, 2.24) is 0 Å². The van der Waals surface area contributed by atoms with E-state index in [2.05, 4.69) is 0 Å². The quantitative estimate of drug-likeness (QED) is 0.483. The average molecular weight is 404 g/mol. The van der Waals surface area contributed by atoms with E-state index in [1.807, 2.05) is 61.5 Å². The van der Waals surface area contributed by atoms with Gasteiger partial charge in [-0.3, -0.25) is 4.79 Å². The van der Waals surface area contributed by atoms with E-state index in [0.29, 0.717) is 13.0 Å². The minimum Gasteiger partial charge on any atom is -0.490 e. The SMILES string of the molecule is C/C(=C\COc1ccc(CC(C)C(=O)O)cc1)c1ccc(-c2ccc(F)cc2)cc1. The van der Waals surface area contributed by atoms with Crippen molar-refractivity contribution in [2.45, 2.75) is 20.3 Å². The molecule has 0 amide bonds. The number of halogens is 1. The van der Waals surface area contributed by atoms with Crippen LogP contribution in [0.2, 0.25) is 0 Å². The molecule has 154 valence electrons. The number of hydrogen-bond donors (Lipinski definition) is 1. The molecule has 30 heavy (non-hydrogen) atoms. The molecule has 3 aromatic rings. The molecule has 0 aliphatic heterocycles. The van der Waals surface area contributed by atoms with Crippen LogP contribution in [0.3, 0.4) is 0 Å². The van der Waals surface area contributed by atoms with Gasteiger partial charge in [0.2, 0.25) is 0 Å². The molecule has 0 aliphatic rings. The monoisotopic (exact) mass is 404 g/mol. The largest absolute Gasteiger partial charge is 0.490 e. The highest BCUT2D eigenvalue weighted by Gasteiger charge is 2.11. The Hall–Kier alpha value is -3.40. The zero-order valence-corrected chi connectivity index (χ0v) is 17.1. The van der Waals surface area contributed by atoms with E-state index < -0.39 is 11.9 Å². The van der Waals surface area contributed by atoms with Crippen LogP contribution in [-0.2, 0) is 11.2 Å².